The molecule has 3 amide bonds. The molecule has 0 saturated carbocycles. The molecule has 2 N–H and O–H groups in total. The van der Waals surface area contributed by atoms with Crippen molar-refractivity contribution in [3.05, 3.63) is 90.0 Å². The minimum absolute atomic E-state index is 0.0285. The molecule has 0 aromatic heterocycles. The van der Waals surface area contributed by atoms with Crippen LogP contribution < -0.4 is 20.0 Å². The maximum atomic E-state index is 16.3. The van der Waals surface area contributed by atoms with Gasteiger partial charge in [-0.05, 0) is 87.8 Å². The number of hydrogen-bond donors (Lipinski definition) is 2. The summed E-state index contributed by atoms with van der Waals surface area (Å²) in [6.45, 7) is 7.92. The van der Waals surface area contributed by atoms with Gasteiger partial charge in [-0.15, -0.1) is 0 Å². The van der Waals surface area contributed by atoms with Crippen LogP contribution in [0.5, 0.6) is 0 Å². The first-order valence-corrected chi connectivity index (χ1v) is 22.1. The fourth-order valence-electron chi connectivity index (χ4n) is 10.1. The predicted molar refractivity (Wildman–Crippen MR) is 205 cm³/mol. The van der Waals surface area contributed by atoms with E-state index < -0.39 is 37.1 Å². The summed E-state index contributed by atoms with van der Waals surface area (Å²) in [5.41, 5.74) is 1.54. The number of likely N-dealkylation sites (tertiary alicyclic amines) is 1. The molecule has 8 rings (SSSR count). The molecule has 3 aromatic carbocycles. The molecule has 0 aliphatic carbocycles. The summed E-state index contributed by atoms with van der Waals surface area (Å²) in [6.07, 6.45) is 2.22. The first kappa shape index (κ1) is 35.9. The third-order valence-corrected chi connectivity index (χ3v) is 15.1. The highest BCUT2D eigenvalue weighted by Crippen LogP contribution is 2.60. The maximum Gasteiger partial charge on any atom is 0.264 e. The summed E-state index contributed by atoms with van der Waals surface area (Å²) < 4.78 is 23.1. The molecule has 5 atom stereocenters. The van der Waals surface area contributed by atoms with Gasteiger partial charge in [0.25, 0.3) is 11.8 Å². The largest absolute Gasteiger partial charge is 0.394 e. The van der Waals surface area contributed by atoms with Crippen molar-refractivity contribution in [2.75, 3.05) is 47.6 Å². The van der Waals surface area contributed by atoms with Gasteiger partial charge in [0.1, 0.15) is 5.54 Å². The summed E-state index contributed by atoms with van der Waals surface area (Å²) in [5, 5.41) is 13.3. The molecule has 0 bridgehead atoms. The van der Waals surface area contributed by atoms with Gasteiger partial charge >= 0.3 is 0 Å². The second-order valence-corrected chi connectivity index (χ2v) is 19.8. The van der Waals surface area contributed by atoms with Gasteiger partial charge in [-0.2, -0.15) is 0 Å². The summed E-state index contributed by atoms with van der Waals surface area (Å²) in [7, 11) is -3.44. The fourth-order valence-corrected chi connectivity index (χ4v) is 12.6. The van der Waals surface area contributed by atoms with E-state index in [0.717, 1.165) is 61.4 Å². The van der Waals surface area contributed by atoms with Gasteiger partial charge in [0.2, 0.25) is 14.3 Å². The lowest BCUT2D eigenvalue weighted by Gasteiger charge is -2.39. The number of rotatable bonds is 8. The number of anilines is 3. The quantitative estimate of drug-likeness (QED) is 0.238. The van der Waals surface area contributed by atoms with Gasteiger partial charge in [-0.25, -0.2) is 0 Å². The van der Waals surface area contributed by atoms with E-state index in [0.29, 0.717) is 18.8 Å². The fraction of sp³-hybridized carbons (Fsp3) is 0.488. The summed E-state index contributed by atoms with van der Waals surface area (Å²) in [4.78, 5) is 50.2. The first-order valence-electron chi connectivity index (χ1n) is 19.1. The van der Waals surface area contributed by atoms with E-state index >= 15 is 4.11 Å². The van der Waals surface area contributed by atoms with Crippen LogP contribution in [0.2, 0.25) is 18.6 Å². The van der Waals surface area contributed by atoms with Gasteiger partial charge in [0.15, 0.2) is 5.60 Å². The van der Waals surface area contributed by atoms with Crippen molar-refractivity contribution in [2.24, 2.45) is 5.92 Å². The third-order valence-electron chi connectivity index (χ3n) is 12.7. The van der Waals surface area contributed by atoms with E-state index in [4.69, 9.17) is 4.74 Å². The Morgan fingerprint density at radius 3 is 2.36 bits per heavy atom. The monoisotopic (exact) mass is 739 g/mol. The number of nitrogens with one attached hydrogen (secondary N) is 1. The topological polar surface area (TPSA) is 106 Å². The van der Waals surface area contributed by atoms with Crippen LogP contribution in [-0.2, 0) is 31.3 Å². The van der Waals surface area contributed by atoms with E-state index in [1.165, 1.54) is 0 Å². The smallest absolute Gasteiger partial charge is 0.264 e. The molecule has 5 aliphatic rings. The van der Waals surface area contributed by atoms with Crippen molar-refractivity contribution in [1.82, 2.24) is 10.2 Å². The van der Waals surface area contributed by atoms with Crippen molar-refractivity contribution in [3.8, 4) is 0 Å². The number of carbonyl (C=O) groups excluding carboxylic acids is 3. The lowest BCUT2D eigenvalue weighted by molar-refractivity contribution is -0.150. The zero-order valence-corrected chi connectivity index (χ0v) is 31.8. The summed E-state index contributed by atoms with van der Waals surface area (Å²) >= 11 is 0. The Bertz CT molecular complexity index is 1870. The molecule has 10 nitrogen and oxygen atoms in total. The number of nitrogens with zero attached hydrogens (tertiary/aromatic N) is 4. The van der Waals surface area contributed by atoms with E-state index in [1.807, 2.05) is 78.6 Å². The van der Waals surface area contributed by atoms with Crippen LogP contribution in [0.15, 0.2) is 78.9 Å². The molecule has 12 heteroatoms. The Balaban J connectivity index is 1.05. The molecule has 53 heavy (non-hydrogen) atoms. The number of aliphatic hydroxyl groups excluding tert-OH is 1. The molecule has 5 aliphatic heterocycles. The standard InChI is InChI=1S/C41H50FN5O5Si/c1-28-37(53(2,3)42)35(24-36(49)44-23-9-12-32(44)26-48)52-41(28)33-13-7-8-14-34(33)45(39(41)51)25-29-15-17-30(18-16-29)46-27-47(31-10-5-4-6-11-31)40(38(46)50)19-21-43-22-20-40/h4-8,10-11,13-18,28,32,35,37,43,48H,9,12,19-27H2,1-3H3/t28-,32-,35+,37-,41+/m0/s1. The molecule has 2 spiro atoms. The van der Waals surface area contributed by atoms with Crippen LogP contribution >= 0.6 is 0 Å². The van der Waals surface area contributed by atoms with Gasteiger partial charge in [-0.3, -0.25) is 19.3 Å². The Labute approximate surface area is 312 Å². The van der Waals surface area contributed by atoms with E-state index in [2.05, 4.69) is 22.3 Å². The molecule has 280 valence electrons. The molecular formula is C41H50FN5O5Si. The predicted octanol–water partition coefficient (Wildman–Crippen LogP) is 5.31. The zero-order valence-electron chi connectivity index (χ0n) is 30.8. The lowest BCUT2D eigenvalue weighted by Crippen LogP contribution is -2.55. The SMILES string of the molecule is C[C@H]1[C@H]([Si](C)(C)F)[C@@H](CC(=O)N2CCC[C@H]2CO)O[C@]12C(=O)N(Cc1ccc(N3CN(c4ccccc4)C4(CCNCC4)C3=O)cc1)c1ccccc12. The van der Waals surface area contributed by atoms with Gasteiger partial charge in [0, 0.05) is 34.9 Å². The van der Waals surface area contributed by atoms with Gasteiger partial charge < -0.3 is 34.0 Å². The first-order chi connectivity index (χ1) is 25.5. The number of benzene rings is 3. The second-order valence-electron chi connectivity index (χ2n) is 16.0. The second kappa shape index (κ2) is 13.6. The van der Waals surface area contributed by atoms with Crippen molar-refractivity contribution in [3.63, 3.8) is 0 Å². The number of para-hydroxylation sites is 2. The summed E-state index contributed by atoms with van der Waals surface area (Å²) in [6, 6.07) is 25.3. The van der Waals surface area contributed by atoms with Crippen molar-refractivity contribution in [1.29, 1.82) is 0 Å². The number of amides is 3. The summed E-state index contributed by atoms with van der Waals surface area (Å²) in [5.74, 6) is -0.809. The minimum Gasteiger partial charge on any atom is -0.394 e. The van der Waals surface area contributed by atoms with Crippen LogP contribution in [0.1, 0.15) is 50.2 Å². The molecule has 3 aromatic rings. The van der Waals surface area contributed by atoms with Crippen molar-refractivity contribution in [2.45, 2.75) is 87.5 Å². The zero-order chi connectivity index (χ0) is 37.1. The average Bonchev–Trinajstić information content (AvgIpc) is 3.89. The van der Waals surface area contributed by atoms with Crippen molar-refractivity contribution < 1.29 is 28.3 Å². The molecule has 4 saturated heterocycles. The van der Waals surface area contributed by atoms with Crippen LogP contribution in [0.4, 0.5) is 21.2 Å². The van der Waals surface area contributed by atoms with Crippen LogP contribution in [0.3, 0.4) is 0 Å². The van der Waals surface area contributed by atoms with E-state index in [-0.39, 0.29) is 43.3 Å². The Kier molecular flexibility index (Phi) is 9.24. The average molecular weight is 740 g/mol. The maximum absolute atomic E-state index is 16.3. The number of carbonyl (C=O) groups is 3. The number of fused-ring (bicyclic) bond motifs is 2. The van der Waals surface area contributed by atoms with Crippen LogP contribution in [-0.4, -0.2) is 86.7 Å². The number of ether oxygens (including phenoxy) is 1. The Hall–Kier alpha value is -4.10. The third kappa shape index (κ3) is 5.80. The highest BCUT2D eigenvalue weighted by atomic mass is 28.4. The van der Waals surface area contributed by atoms with E-state index in [1.54, 1.807) is 22.9 Å². The van der Waals surface area contributed by atoms with Crippen LogP contribution in [0.25, 0.3) is 0 Å². The van der Waals surface area contributed by atoms with E-state index in [9.17, 15) is 19.5 Å². The Morgan fingerprint density at radius 2 is 1.66 bits per heavy atom. The minimum atomic E-state index is -3.44. The molecular weight excluding hydrogens is 690 g/mol. The van der Waals surface area contributed by atoms with Crippen molar-refractivity contribution >= 4 is 43.2 Å². The van der Waals surface area contributed by atoms with Gasteiger partial charge in [0.05, 0.1) is 44.1 Å². The lowest BCUT2D eigenvalue weighted by atomic mass is 9.82. The highest BCUT2D eigenvalue weighted by Gasteiger charge is 2.67. The Morgan fingerprint density at radius 1 is 0.962 bits per heavy atom. The van der Waals surface area contributed by atoms with Crippen LogP contribution in [0, 0.1) is 5.92 Å². The highest BCUT2D eigenvalue weighted by molar-refractivity contribution is 6.72. The molecule has 0 unspecified atom stereocenters. The number of halogens is 1. The normalized spacial score (nSPS) is 28.2. The number of piperidine rings is 1. The number of aliphatic hydroxyl groups is 1. The molecule has 4 fully saturated rings. The molecule has 0 radical (unpaired) electrons. The van der Waals surface area contributed by atoms with Gasteiger partial charge in [-0.1, -0.05) is 55.5 Å². The number of hydrogen-bond acceptors (Lipinski definition) is 7. The molecule has 5 heterocycles.